The van der Waals surface area contributed by atoms with Crippen LogP contribution in [-0.2, 0) is 13.7 Å². The van der Waals surface area contributed by atoms with E-state index in [1.54, 1.807) is 6.07 Å². The lowest BCUT2D eigenvalue weighted by Gasteiger charge is -2.09. The van der Waals surface area contributed by atoms with Gasteiger partial charge in [0, 0.05) is 30.6 Å². The molecule has 0 aliphatic rings. The van der Waals surface area contributed by atoms with Crippen LogP contribution in [0.3, 0.4) is 0 Å². The van der Waals surface area contributed by atoms with Crippen molar-refractivity contribution in [1.29, 1.82) is 0 Å². The number of ether oxygens (including phenoxy) is 1. The zero-order valence-corrected chi connectivity index (χ0v) is 18.4. The third-order valence-electron chi connectivity index (χ3n) is 4.82. The van der Waals surface area contributed by atoms with Crippen LogP contribution in [0.1, 0.15) is 16.8 Å². The van der Waals surface area contributed by atoms with E-state index in [4.69, 9.17) is 9.72 Å². The lowest BCUT2D eigenvalue weighted by atomic mass is 10.1. The summed E-state index contributed by atoms with van der Waals surface area (Å²) in [6.45, 7) is 4.44. The van der Waals surface area contributed by atoms with Gasteiger partial charge >= 0.3 is 0 Å². The van der Waals surface area contributed by atoms with E-state index in [0.29, 0.717) is 12.4 Å². The van der Waals surface area contributed by atoms with E-state index in [1.165, 1.54) is 12.3 Å². The minimum Gasteiger partial charge on any atom is -0.487 e. The highest BCUT2D eigenvalue weighted by Crippen LogP contribution is 2.35. The summed E-state index contributed by atoms with van der Waals surface area (Å²) in [7, 11) is 1.90. The van der Waals surface area contributed by atoms with Crippen molar-refractivity contribution >= 4 is 15.9 Å². The molecule has 0 spiro atoms. The lowest BCUT2D eigenvalue weighted by molar-refractivity contribution is 0.301. The molecule has 152 valence electrons. The number of aromatic nitrogens is 4. The number of imidazole rings is 1. The van der Waals surface area contributed by atoms with E-state index >= 15 is 0 Å². The molecule has 4 aromatic rings. The summed E-state index contributed by atoms with van der Waals surface area (Å²) >= 11 is 3.64. The zero-order chi connectivity index (χ0) is 21.3. The van der Waals surface area contributed by atoms with Gasteiger partial charge in [0.2, 0.25) is 5.95 Å². The second kappa shape index (κ2) is 8.36. The van der Waals surface area contributed by atoms with Crippen LogP contribution in [0.15, 0.2) is 59.5 Å². The number of halogens is 2. The zero-order valence-electron chi connectivity index (χ0n) is 16.9. The van der Waals surface area contributed by atoms with Gasteiger partial charge in [0.05, 0.1) is 5.69 Å². The fourth-order valence-electron chi connectivity index (χ4n) is 3.15. The fourth-order valence-corrected chi connectivity index (χ4v) is 3.62. The van der Waals surface area contributed by atoms with E-state index in [-0.39, 0.29) is 0 Å². The van der Waals surface area contributed by atoms with E-state index < -0.39 is 5.95 Å². The Morgan fingerprint density at radius 3 is 2.53 bits per heavy atom. The van der Waals surface area contributed by atoms with Gasteiger partial charge in [0.1, 0.15) is 28.5 Å². The first-order valence-electron chi connectivity index (χ1n) is 9.42. The Morgan fingerprint density at radius 2 is 1.87 bits per heavy atom. The number of pyridine rings is 2. The topological polar surface area (TPSA) is 52.8 Å². The van der Waals surface area contributed by atoms with E-state index in [1.807, 2.05) is 62.0 Å². The number of aryl methyl sites for hydroxylation is 2. The molecule has 0 aliphatic heterocycles. The Bertz CT molecular complexity index is 1190. The minimum atomic E-state index is -0.514. The molecule has 7 heteroatoms. The van der Waals surface area contributed by atoms with Gasteiger partial charge < -0.3 is 9.30 Å². The summed E-state index contributed by atoms with van der Waals surface area (Å²) in [4.78, 5) is 12.9. The number of nitrogens with zero attached hydrogens (tertiary/aromatic N) is 4. The Morgan fingerprint density at radius 1 is 1.03 bits per heavy atom. The lowest BCUT2D eigenvalue weighted by Crippen LogP contribution is -1.98. The van der Waals surface area contributed by atoms with Gasteiger partial charge in [-0.3, -0.25) is 4.98 Å². The van der Waals surface area contributed by atoms with Crippen molar-refractivity contribution in [1.82, 2.24) is 19.5 Å². The molecule has 0 fully saturated rings. The maximum absolute atomic E-state index is 13.2. The van der Waals surface area contributed by atoms with Crippen molar-refractivity contribution in [3.8, 4) is 28.4 Å². The monoisotopic (exact) mass is 466 g/mol. The predicted molar refractivity (Wildman–Crippen MR) is 118 cm³/mol. The van der Waals surface area contributed by atoms with Crippen molar-refractivity contribution < 1.29 is 9.13 Å². The van der Waals surface area contributed by atoms with Crippen LogP contribution in [0.2, 0.25) is 0 Å². The number of rotatable bonds is 5. The Hall–Kier alpha value is -3.06. The molecule has 0 atom stereocenters. The van der Waals surface area contributed by atoms with Crippen molar-refractivity contribution in [2.45, 2.75) is 20.5 Å². The van der Waals surface area contributed by atoms with Crippen LogP contribution in [-0.4, -0.2) is 19.5 Å². The van der Waals surface area contributed by atoms with Crippen molar-refractivity contribution in [2.75, 3.05) is 0 Å². The molecular weight excluding hydrogens is 447 g/mol. The molecule has 0 saturated heterocycles. The van der Waals surface area contributed by atoms with Gasteiger partial charge in [-0.15, -0.1) is 0 Å². The largest absolute Gasteiger partial charge is 0.487 e. The highest BCUT2D eigenvalue weighted by Gasteiger charge is 2.17. The quantitative estimate of drug-likeness (QED) is 0.357. The summed E-state index contributed by atoms with van der Waals surface area (Å²) in [6.07, 6.45) is 3.32. The third-order valence-corrected chi connectivity index (χ3v) is 5.73. The normalized spacial score (nSPS) is 11.0. The van der Waals surface area contributed by atoms with Gasteiger partial charge in [-0.2, -0.15) is 4.39 Å². The average Bonchev–Trinajstić information content (AvgIpc) is 3.03. The Labute approximate surface area is 182 Å². The van der Waals surface area contributed by atoms with Crippen LogP contribution in [0, 0.1) is 19.8 Å². The highest BCUT2D eigenvalue weighted by atomic mass is 79.9. The minimum absolute atomic E-state index is 0.411. The average molecular weight is 467 g/mol. The second-order valence-corrected chi connectivity index (χ2v) is 7.85. The first-order valence-corrected chi connectivity index (χ1v) is 10.2. The molecule has 0 amide bonds. The number of hydrogen-bond acceptors (Lipinski definition) is 4. The second-order valence-electron chi connectivity index (χ2n) is 7.10. The summed E-state index contributed by atoms with van der Waals surface area (Å²) in [5.41, 5.74) is 5.57. The Kier molecular flexibility index (Phi) is 5.63. The molecule has 5 nitrogen and oxygen atoms in total. The van der Waals surface area contributed by atoms with Crippen LogP contribution < -0.4 is 4.74 Å². The fraction of sp³-hybridized carbons (Fsp3) is 0.174. The van der Waals surface area contributed by atoms with Crippen LogP contribution in [0.25, 0.3) is 22.6 Å². The molecule has 4 rings (SSSR count). The van der Waals surface area contributed by atoms with Gasteiger partial charge in [-0.05, 0) is 77.3 Å². The standard InChI is InChI=1S/C23H20BrFN4O/c1-14-4-6-17(26-11-14)13-30-18-7-8-19(15(2)10-18)21-22(24)29(3)23(28-21)16-5-9-20(25)27-12-16/h4-12H,13H2,1-3H3. The number of hydrogen-bond donors (Lipinski definition) is 0. The maximum Gasteiger partial charge on any atom is 0.212 e. The van der Waals surface area contributed by atoms with E-state index in [0.717, 1.165) is 44.0 Å². The molecule has 3 aromatic heterocycles. The van der Waals surface area contributed by atoms with Crippen LogP contribution in [0.5, 0.6) is 5.75 Å². The molecule has 3 heterocycles. The molecule has 0 radical (unpaired) electrons. The van der Waals surface area contributed by atoms with Gasteiger partial charge in [0.25, 0.3) is 0 Å². The van der Waals surface area contributed by atoms with Crippen molar-refractivity contribution in [3.05, 3.63) is 82.2 Å². The molecule has 30 heavy (non-hydrogen) atoms. The molecule has 0 unspecified atom stereocenters. The van der Waals surface area contributed by atoms with E-state index in [9.17, 15) is 4.39 Å². The smallest absolute Gasteiger partial charge is 0.212 e. The van der Waals surface area contributed by atoms with Crippen LogP contribution >= 0.6 is 15.9 Å². The van der Waals surface area contributed by atoms with Gasteiger partial charge in [-0.1, -0.05) is 6.07 Å². The third kappa shape index (κ3) is 4.11. The SMILES string of the molecule is Cc1ccc(COc2ccc(-c3nc(-c4ccc(F)nc4)n(C)c3Br)c(C)c2)nc1. The molecular formula is C23H20BrFN4O. The molecule has 0 aliphatic carbocycles. The van der Waals surface area contributed by atoms with Crippen molar-refractivity contribution in [2.24, 2.45) is 7.05 Å². The van der Waals surface area contributed by atoms with Crippen LogP contribution in [0.4, 0.5) is 4.39 Å². The van der Waals surface area contributed by atoms with Gasteiger partial charge in [-0.25, -0.2) is 9.97 Å². The summed E-state index contributed by atoms with van der Waals surface area (Å²) in [5, 5.41) is 0. The maximum atomic E-state index is 13.2. The molecule has 0 saturated carbocycles. The van der Waals surface area contributed by atoms with E-state index in [2.05, 4.69) is 25.9 Å². The summed E-state index contributed by atoms with van der Waals surface area (Å²) in [6, 6.07) is 12.9. The molecule has 1 aromatic carbocycles. The highest BCUT2D eigenvalue weighted by molar-refractivity contribution is 9.10. The predicted octanol–water partition coefficient (Wildman–Crippen LogP) is 5.64. The first kappa shape index (κ1) is 20.2. The molecule has 0 N–H and O–H groups in total. The molecule has 0 bridgehead atoms. The summed E-state index contributed by atoms with van der Waals surface area (Å²) in [5.74, 6) is 0.961. The Balaban J connectivity index is 1.59. The van der Waals surface area contributed by atoms with Crippen molar-refractivity contribution in [3.63, 3.8) is 0 Å². The summed E-state index contributed by atoms with van der Waals surface area (Å²) < 4.78 is 21.8. The number of benzene rings is 1. The van der Waals surface area contributed by atoms with Gasteiger partial charge in [0.15, 0.2) is 0 Å². The first-order chi connectivity index (χ1) is 14.4.